The van der Waals surface area contributed by atoms with Crippen LogP contribution in [0.4, 0.5) is 0 Å². The third kappa shape index (κ3) is 4.45. The fourth-order valence-electron chi connectivity index (χ4n) is 3.51. The molecule has 1 fully saturated rings. The highest BCUT2D eigenvalue weighted by molar-refractivity contribution is 7.89. The monoisotopic (exact) mass is 459 g/mol. The van der Waals surface area contributed by atoms with Crippen LogP contribution >= 0.6 is 11.3 Å². The molecule has 0 saturated carbocycles. The number of rotatable bonds is 6. The number of hydrogen-bond donors (Lipinski definition) is 1. The van der Waals surface area contributed by atoms with Crippen molar-refractivity contribution in [2.45, 2.75) is 25.3 Å². The Morgan fingerprint density at radius 1 is 1.10 bits per heavy atom. The van der Waals surface area contributed by atoms with E-state index in [1.165, 1.54) is 4.31 Å². The van der Waals surface area contributed by atoms with Crippen LogP contribution in [0.2, 0.25) is 0 Å². The molecule has 1 amide bonds. The topological polar surface area (TPSA) is 80.6 Å². The minimum absolute atomic E-state index is 0.143. The number of hydrogen-bond acceptors (Lipinski definition) is 5. The number of amides is 1. The molecular formula is C22H25N3O4S2. The highest BCUT2D eigenvalue weighted by atomic mass is 32.2. The van der Waals surface area contributed by atoms with Crippen molar-refractivity contribution in [2.24, 2.45) is 0 Å². The highest BCUT2D eigenvalue weighted by Crippen LogP contribution is 2.31. The predicted molar refractivity (Wildman–Crippen MR) is 120 cm³/mol. The van der Waals surface area contributed by atoms with Crippen molar-refractivity contribution in [3.8, 4) is 5.00 Å². The number of carbonyl (C=O) groups is 1. The standard InChI is InChI=1S/C22H25N3O4S2/c1-16-17(2)30-22(24-9-3-4-10-24)20(16)21(26)23-15-18-5-7-19(8-6-18)31(27,28)25-11-13-29-14-12-25/h3-10H,11-15H2,1-2H3,(H,23,26). The van der Waals surface area contributed by atoms with Crippen LogP contribution in [-0.4, -0.2) is 49.5 Å². The van der Waals surface area contributed by atoms with Gasteiger partial charge in [-0.25, -0.2) is 8.42 Å². The number of benzene rings is 1. The lowest BCUT2D eigenvalue weighted by Gasteiger charge is -2.26. The maximum atomic E-state index is 13.0. The largest absolute Gasteiger partial charge is 0.379 e. The molecule has 1 aromatic carbocycles. The molecule has 164 valence electrons. The van der Waals surface area contributed by atoms with E-state index in [1.54, 1.807) is 35.6 Å². The zero-order valence-electron chi connectivity index (χ0n) is 17.5. The van der Waals surface area contributed by atoms with Gasteiger partial charge in [-0.1, -0.05) is 12.1 Å². The Bertz CT molecular complexity index is 1160. The average Bonchev–Trinajstić information content (AvgIpc) is 3.41. The van der Waals surface area contributed by atoms with Gasteiger partial charge in [0.1, 0.15) is 5.00 Å². The fourth-order valence-corrected chi connectivity index (χ4v) is 6.04. The molecule has 1 N–H and O–H groups in total. The van der Waals surface area contributed by atoms with Gasteiger partial charge in [0.15, 0.2) is 0 Å². The molecule has 0 bridgehead atoms. The van der Waals surface area contributed by atoms with Gasteiger partial charge in [0.25, 0.3) is 5.91 Å². The summed E-state index contributed by atoms with van der Waals surface area (Å²) in [6, 6.07) is 10.5. The minimum atomic E-state index is -3.52. The van der Waals surface area contributed by atoms with E-state index in [9.17, 15) is 13.2 Å². The zero-order chi connectivity index (χ0) is 22.0. The lowest BCUT2D eigenvalue weighted by molar-refractivity contribution is 0.0730. The normalized spacial score (nSPS) is 15.2. The molecule has 9 heteroatoms. The molecule has 1 aliphatic heterocycles. The Morgan fingerprint density at radius 3 is 2.39 bits per heavy atom. The number of aryl methyl sites for hydroxylation is 1. The van der Waals surface area contributed by atoms with Gasteiger partial charge >= 0.3 is 0 Å². The second-order valence-electron chi connectivity index (χ2n) is 7.40. The van der Waals surface area contributed by atoms with E-state index in [-0.39, 0.29) is 10.8 Å². The summed E-state index contributed by atoms with van der Waals surface area (Å²) in [5.74, 6) is -0.143. The number of nitrogens with zero attached hydrogens (tertiary/aromatic N) is 2. The first kappa shape index (κ1) is 21.8. The summed E-state index contributed by atoms with van der Waals surface area (Å²) in [6.45, 7) is 5.84. The predicted octanol–water partition coefficient (Wildman–Crippen LogP) is 3.11. The molecule has 0 atom stereocenters. The molecule has 4 rings (SSSR count). The number of nitrogens with one attached hydrogen (secondary N) is 1. The summed E-state index contributed by atoms with van der Waals surface area (Å²) in [7, 11) is -3.52. The summed E-state index contributed by atoms with van der Waals surface area (Å²) in [5.41, 5.74) is 2.48. The van der Waals surface area contributed by atoms with Crippen molar-refractivity contribution >= 4 is 27.3 Å². The summed E-state index contributed by atoms with van der Waals surface area (Å²) in [4.78, 5) is 14.3. The number of carbonyl (C=O) groups excluding carboxylic acids is 1. The van der Waals surface area contributed by atoms with Crippen LogP contribution in [0, 0.1) is 13.8 Å². The molecular weight excluding hydrogens is 434 g/mol. The van der Waals surface area contributed by atoms with Crippen molar-refractivity contribution in [2.75, 3.05) is 26.3 Å². The molecule has 2 aromatic heterocycles. The Balaban J connectivity index is 1.46. The van der Waals surface area contributed by atoms with Crippen LogP contribution in [0.1, 0.15) is 26.4 Å². The van der Waals surface area contributed by atoms with Crippen LogP contribution in [0.15, 0.2) is 53.7 Å². The van der Waals surface area contributed by atoms with Gasteiger partial charge in [0, 0.05) is 36.9 Å². The Hall–Kier alpha value is -2.46. The molecule has 0 spiro atoms. The second kappa shape index (κ2) is 8.96. The molecule has 3 aromatic rings. The third-order valence-electron chi connectivity index (χ3n) is 5.42. The lowest BCUT2D eigenvalue weighted by atomic mass is 10.1. The van der Waals surface area contributed by atoms with Crippen molar-refractivity contribution in [1.29, 1.82) is 0 Å². The van der Waals surface area contributed by atoms with Crippen LogP contribution in [0.25, 0.3) is 5.00 Å². The van der Waals surface area contributed by atoms with E-state index in [4.69, 9.17) is 4.74 Å². The summed E-state index contributed by atoms with van der Waals surface area (Å²) >= 11 is 1.59. The van der Waals surface area contributed by atoms with Gasteiger partial charge in [0.05, 0.1) is 23.7 Å². The van der Waals surface area contributed by atoms with Crippen molar-refractivity contribution in [3.63, 3.8) is 0 Å². The zero-order valence-corrected chi connectivity index (χ0v) is 19.1. The smallest absolute Gasteiger partial charge is 0.254 e. The molecule has 7 nitrogen and oxygen atoms in total. The van der Waals surface area contributed by atoms with E-state index in [0.717, 1.165) is 21.0 Å². The van der Waals surface area contributed by atoms with Gasteiger partial charge in [-0.15, -0.1) is 11.3 Å². The first-order chi connectivity index (χ1) is 14.9. The van der Waals surface area contributed by atoms with Crippen molar-refractivity contribution in [1.82, 2.24) is 14.2 Å². The van der Waals surface area contributed by atoms with Gasteiger partial charge in [-0.2, -0.15) is 4.31 Å². The molecule has 0 radical (unpaired) electrons. The lowest BCUT2D eigenvalue weighted by Crippen LogP contribution is -2.40. The Morgan fingerprint density at radius 2 is 1.74 bits per heavy atom. The minimum Gasteiger partial charge on any atom is -0.379 e. The van der Waals surface area contributed by atoms with Crippen molar-refractivity contribution in [3.05, 3.63) is 70.4 Å². The Labute approximate surface area is 186 Å². The first-order valence-electron chi connectivity index (χ1n) is 10.1. The van der Waals surface area contributed by atoms with E-state index >= 15 is 0 Å². The van der Waals surface area contributed by atoms with Crippen LogP contribution in [-0.2, 0) is 21.3 Å². The SMILES string of the molecule is Cc1sc(-n2cccc2)c(C(=O)NCc2ccc(S(=O)(=O)N3CCOCC3)cc2)c1C. The maximum absolute atomic E-state index is 13.0. The average molecular weight is 460 g/mol. The molecule has 31 heavy (non-hydrogen) atoms. The number of ether oxygens (including phenoxy) is 1. The fraction of sp³-hybridized carbons (Fsp3) is 0.318. The van der Waals surface area contributed by atoms with Crippen LogP contribution in [0.5, 0.6) is 0 Å². The highest BCUT2D eigenvalue weighted by Gasteiger charge is 2.26. The van der Waals surface area contributed by atoms with Crippen molar-refractivity contribution < 1.29 is 17.9 Å². The molecule has 1 saturated heterocycles. The molecule has 1 aliphatic rings. The second-order valence-corrected chi connectivity index (χ2v) is 10.5. The molecule has 0 aliphatic carbocycles. The van der Waals surface area contributed by atoms with Crippen LogP contribution < -0.4 is 5.32 Å². The quantitative estimate of drug-likeness (QED) is 0.614. The van der Waals surface area contributed by atoms with Gasteiger partial charge < -0.3 is 14.6 Å². The van der Waals surface area contributed by atoms with E-state index in [0.29, 0.717) is 38.4 Å². The van der Waals surface area contributed by atoms with Crippen LogP contribution in [0.3, 0.4) is 0 Å². The van der Waals surface area contributed by atoms with E-state index in [2.05, 4.69) is 5.32 Å². The summed E-state index contributed by atoms with van der Waals surface area (Å²) < 4.78 is 34.1. The number of morpholine rings is 1. The first-order valence-corrected chi connectivity index (χ1v) is 12.3. The number of sulfonamides is 1. The van der Waals surface area contributed by atoms with Gasteiger partial charge in [-0.3, -0.25) is 4.79 Å². The molecule has 3 heterocycles. The van der Waals surface area contributed by atoms with E-state index in [1.807, 2.05) is 42.9 Å². The summed E-state index contributed by atoms with van der Waals surface area (Å²) in [5, 5.41) is 3.86. The van der Waals surface area contributed by atoms with E-state index < -0.39 is 10.0 Å². The summed E-state index contributed by atoms with van der Waals surface area (Å²) in [6.07, 6.45) is 3.85. The number of thiophene rings is 1. The Kier molecular flexibility index (Phi) is 6.29. The third-order valence-corrected chi connectivity index (χ3v) is 8.55. The maximum Gasteiger partial charge on any atom is 0.254 e. The van der Waals surface area contributed by atoms with Gasteiger partial charge in [-0.05, 0) is 49.2 Å². The molecule has 0 unspecified atom stereocenters. The van der Waals surface area contributed by atoms with Gasteiger partial charge in [0.2, 0.25) is 10.0 Å². The number of aromatic nitrogens is 1.